The molecule has 2 N–H and O–H groups in total. The first-order chi connectivity index (χ1) is 13.4. The predicted octanol–water partition coefficient (Wildman–Crippen LogP) is 6.99. The normalized spacial score (nSPS) is 8.82. The van der Waals surface area contributed by atoms with E-state index >= 15 is 0 Å². The van der Waals surface area contributed by atoms with Gasteiger partial charge in [0, 0.05) is 5.56 Å². The first kappa shape index (κ1) is 27.0. The van der Waals surface area contributed by atoms with E-state index in [0.29, 0.717) is 11.5 Å². The number of phenolic OH excluding ortho intramolecular Hbond substituents is 2. The zero-order valence-electron chi connectivity index (χ0n) is 17.7. The third kappa shape index (κ3) is 12.2. The molecule has 0 saturated carbocycles. The van der Waals surface area contributed by atoms with Crippen LogP contribution in [0.5, 0.6) is 11.5 Å². The Labute approximate surface area is 171 Å². The van der Waals surface area contributed by atoms with Crippen LogP contribution in [0.25, 0.3) is 6.08 Å². The van der Waals surface area contributed by atoms with Crippen molar-refractivity contribution < 1.29 is 10.2 Å². The molecule has 0 atom stereocenters. The zero-order valence-corrected chi connectivity index (χ0v) is 17.7. The molecule has 2 rings (SSSR count). The Bertz CT molecular complexity index is 764. The molecule has 2 aromatic rings. The first-order valence-electron chi connectivity index (χ1n) is 9.12. The van der Waals surface area contributed by atoms with Crippen molar-refractivity contribution in [3.05, 3.63) is 90.5 Å². The van der Waals surface area contributed by atoms with Crippen molar-refractivity contribution in [2.24, 2.45) is 0 Å². The molecule has 28 heavy (non-hydrogen) atoms. The highest BCUT2D eigenvalue weighted by molar-refractivity contribution is 5.55. The van der Waals surface area contributed by atoms with E-state index < -0.39 is 0 Å². The van der Waals surface area contributed by atoms with Gasteiger partial charge in [-0.25, -0.2) is 0 Å². The minimum atomic E-state index is 0.301. The number of aryl methyl sites for hydroxylation is 2. The molecule has 0 aromatic heterocycles. The average Bonchev–Trinajstić information content (AvgIpc) is 2.67. The van der Waals surface area contributed by atoms with Crippen molar-refractivity contribution in [1.82, 2.24) is 0 Å². The summed E-state index contributed by atoms with van der Waals surface area (Å²) in [7, 11) is 0. The van der Waals surface area contributed by atoms with Gasteiger partial charge in [-0.1, -0.05) is 56.0 Å². The highest BCUT2D eigenvalue weighted by Gasteiger charge is 1.97. The summed E-state index contributed by atoms with van der Waals surface area (Å²) in [6, 6.07) is 11.3. The maximum Gasteiger partial charge on any atom is 0.123 e. The van der Waals surface area contributed by atoms with E-state index in [1.165, 1.54) is 0 Å². The van der Waals surface area contributed by atoms with E-state index in [2.05, 4.69) is 51.2 Å². The lowest BCUT2D eigenvalue weighted by atomic mass is 10.1. The van der Waals surface area contributed by atoms with Gasteiger partial charge in [0.1, 0.15) is 11.5 Å². The number of hydrogen-bond acceptors (Lipinski definition) is 2. The highest BCUT2D eigenvalue weighted by Crippen LogP contribution is 2.19. The third-order valence-electron chi connectivity index (χ3n) is 3.39. The molecule has 0 radical (unpaired) electrons. The minimum Gasteiger partial charge on any atom is -0.508 e. The van der Waals surface area contributed by atoms with E-state index in [0.717, 1.165) is 35.1 Å². The van der Waals surface area contributed by atoms with Crippen LogP contribution in [-0.2, 0) is 6.42 Å². The van der Waals surface area contributed by atoms with Gasteiger partial charge >= 0.3 is 0 Å². The number of hydrogen-bond donors (Lipinski definition) is 2. The molecule has 2 nitrogen and oxygen atoms in total. The van der Waals surface area contributed by atoms with Crippen LogP contribution in [0.3, 0.4) is 0 Å². The number of phenols is 2. The number of allylic oxidation sites excluding steroid dienone is 2. The van der Waals surface area contributed by atoms with E-state index in [4.69, 9.17) is 0 Å². The summed E-state index contributed by atoms with van der Waals surface area (Å²) in [5.41, 5.74) is 3.93. The Morgan fingerprint density at radius 2 is 1.46 bits per heavy atom. The second-order valence-electron chi connectivity index (χ2n) is 5.77. The molecule has 0 unspecified atom stereocenters. The highest BCUT2D eigenvalue weighted by atomic mass is 16.3. The quantitative estimate of drug-likeness (QED) is 0.444. The fourth-order valence-corrected chi connectivity index (χ4v) is 2.05. The number of rotatable bonds is 4. The standard InChI is InChI=1S/C12H16O.C9H10O.C3H4.C2H4/c1-3-4-5-6-11-8-7-10(2)9-12(11)13;1-3-8-5-4-7(2)6-9(8)10;1-3-2;1-2/h4-5,7-9,13H,3,6H2,1-2H3;3-6,10H,1H2,2H3;1H,2H3;1-2H2/b5-4+;;;. The Morgan fingerprint density at radius 1 is 0.964 bits per heavy atom. The molecule has 0 aliphatic rings. The van der Waals surface area contributed by atoms with E-state index in [9.17, 15) is 10.2 Å². The molecular formula is C26H34O2. The van der Waals surface area contributed by atoms with Crippen LogP contribution in [0.1, 0.15) is 42.5 Å². The predicted molar refractivity (Wildman–Crippen MR) is 125 cm³/mol. The summed E-state index contributed by atoms with van der Waals surface area (Å²) in [5.74, 6) is 2.95. The first-order valence-corrected chi connectivity index (χ1v) is 9.12. The zero-order chi connectivity index (χ0) is 21.9. The Kier molecular flexibility index (Phi) is 16.7. The van der Waals surface area contributed by atoms with Gasteiger partial charge in [0.25, 0.3) is 0 Å². The smallest absolute Gasteiger partial charge is 0.123 e. The van der Waals surface area contributed by atoms with Gasteiger partial charge in [-0.15, -0.1) is 25.5 Å². The fraction of sp³-hybridized carbons (Fsp3) is 0.231. The number of terminal acetylenes is 1. The maximum atomic E-state index is 9.56. The molecule has 0 aliphatic heterocycles. The minimum absolute atomic E-state index is 0.301. The summed E-state index contributed by atoms with van der Waals surface area (Å²) in [6.45, 7) is 17.2. The summed E-state index contributed by atoms with van der Waals surface area (Å²) >= 11 is 0. The van der Waals surface area contributed by atoms with Crippen LogP contribution in [0.2, 0.25) is 0 Å². The molecule has 0 saturated heterocycles. The Balaban J connectivity index is 0. The summed E-state index contributed by atoms with van der Waals surface area (Å²) in [4.78, 5) is 0. The van der Waals surface area contributed by atoms with E-state index in [-0.39, 0.29) is 0 Å². The molecular weight excluding hydrogens is 344 g/mol. The average molecular weight is 379 g/mol. The molecule has 0 fully saturated rings. The van der Waals surface area contributed by atoms with Crippen molar-refractivity contribution >= 4 is 6.08 Å². The van der Waals surface area contributed by atoms with Gasteiger partial charge in [-0.05, 0) is 62.4 Å². The lowest BCUT2D eigenvalue weighted by molar-refractivity contribution is 0.469. The molecule has 0 spiro atoms. The van der Waals surface area contributed by atoms with Gasteiger partial charge in [0.05, 0.1) is 0 Å². The van der Waals surface area contributed by atoms with Gasteiger partial charge < -0.3 is 10.2 Å². The van der Waals surface area contributed by atoms with Gasteiger partial charge in [0.2, 0.25) is 0 Å². The van der Waals surface area contributed by atoms with Gasteiger partial charge in [-0.2, -0.15) is 0 Å². The van der Waals surface area contributed by atoms with Crippen LogP contribution in [-0.4, -0.2) is 10.2 Å². The Morgan fingerprint density at radius 3 is 1.89 bits per heavy atom. The second kappa shape index (κ2) is 17.2. The van der Waals surface area contributed by atoms with Crippen LogP contribution < -0.4 is 0 Å². The number of benzene rings is 2. The van der Waals surface area contributed by atoms with Crippen molar-refractivity contribution in [3.63, 3.8) is 0 Å². The molecule has 2 heteroatoms. The van der Waals surface area contributed by atoms with Crippen LogP contribution >= 0.6 is 0 Å². The molecule has 0 amide bonds. The SMILES string of the molecule is C#CC.C=C.C=Cc1ccc(C)cc1O.CC/C=C/Cc1ccc(C)cc1O. The van der Waals surface area contributed by atoms with Gasteiger partial charge in [0.15, 0.2) is 0 Å². The van der Waals surface area contributed by atoms with Crippen LogP contribution in [0.15, 0.2) is 68.3 Å². The lowest BCUT2D eigenvalue weighted by Crippen LogP contribution is -1.83. The van der Waals surface area contributed by atoms with Crippen molar-refractivity contribution in [2.75, 3.05) is 0 Å². The van der Waals surface area contributed by atoms with Crippen LogP contribution in [0.4, 0.5) is 0 Å². The van der Waals surface area contributed by atoms with E-state index in [1.54, 1.807) is 25.1 Å². The van der Waals surface area contributed by atoms with Crippen molar-refractivity contribution in [3.8, 4) is 23.8 Å². The molecule has 150 valence electrons. The molecule has 0 bridgehead atoms. The Hall–Kier alpha value is -3.18. The summed E-state index contributed by atoms with van der Waals surface area (Å²) in [6.07, 6.45) is 12.3. The van der Waals surface area contributed by atoms with Crippen molar-refractivity contribution in [2.45, 2.75) is 40.5 Å². The summed E-state index contributed by atoms with van der Waals surface area (Å²) in [5, 5.41) is 18.8. The van der Waals surface area contributed by atoms with Crippen molar-refractivity contribution in [1.29, 1.82) is 0 Å². The molecule has 2 aromatic carbocycles. The molecule has 0 aliphatic carbocycles. The fourth-order valence-electron chi connectivity index (χ4n) is 2.05. The lowest BCUT2D eigenvalue weighted by Gasteiger charge is -2.01. The second-order valence-corrected chi connectivity index (χ2v) is 5.77. The topological polar surface area (TPSA) is 40.5 Å². The third-order valence-corrected chi connectivity index (χ3v) is 3.39. The largest absolute Gasteiger partial charge is 0.508 e. The van der Waals surface area contributed by atoms with E-state index in [1.807, 2.05) is 38.1 Å². The summed E-state index contributed by atoms with van der Waals surface area (Å²) < 4.78 is 0. The molecule has 0 heterocycles. The maximum absolute atomic E-state index is 9.56. The van der Waals surface area contributed by atoms with Crippen LogP contribution in [0, 0.1) is 26.2 Å². The number of aromatic hydroxyl groups is 2. The monoisotopic (exact) mass is 378 g/mol. The van der Waals surface area contributed by atoms with Gasteiger partial charge in [-0.3, -0.25) is 0 Å².